The second-order valence-corrected chi connectivity index (χ2v) is 7.85. The number of hydrogen-bond donors (Lipinski definition) is 1. The van der Waals surface area contributed by atoms with E-state index in [1.165, 1.54) is 17.2 Å². The number of rotatable bonds is 2. The summed E-state index contributed by atoms with van der Waals surface area (Å²) < 4.78 is 40.7. The summed E-state index contributed by atoms with van der Waals surface area (Å²) in [6.07, 6.45) is 0.622. The first-order valence-corrected chi connectivity index (χ1v) is 9.95. The molecule has 2 N–H and O–H groups in total. The quantitative estimate of drug-likeness (QED) is 0.462. The minimum atomic E-state index is -4.53. The molecule has 1 aromatic carbocycles. The maximum atomic E-state index is 13.4. The van der Waals surface area contributed by atoms with Gasteiger partial charge in [0.2, 0.25) is 11.6 Å². The van der Waals surface area contributed by atoms with Crippen LogP contribution >= 0.6 is 0 Å². The molecule has 0 saturated carbocycles. The number of nitrogens with zero attached hydrogens (tertiary/aromatic N) is 6. The van der Waals surface area contributed by atoms with Crippen LogP contribution in [0.4, 0.5) is 24.7 Å². The molecule has 1 atom stereocenters. The molecule has 5 rings (SSSR count). The lowest BCUT2D eigenvalue weighted by Crippen LogP contribution is -2.30. The van der Waals surface area contributed by atoms with Crippen LogP contribution < -0.4 is 5.73 Å². The van der Waals surface area contributed by atoms with E-state index >= 15 is 0 Å². The van der Waals surface area contributed by atoms with E-state index in [2.05, 4.69) is 19.8 Å². The zero-order valence-corrected chi connectivity index (χ0v) is 17.3. The summed E-state index contributed by atoms with van der Waals surface area (Å²) in [6, 6.07) is 3.66. The Morgan fingerprint density at radius 2 is 2.06 bits per heavy atom. The molecular weight excluding hydrogens is 435 g/mol. The fraction of sp³-hybridized carbons (Fsp3) is 0.227. The summed E-state index contributed by atoms with van der Waals surface area (Å²) in [4.78, 5) is 30.3. The average Bonchev–Trinajstić information content (AvgIpc) is 3.44. The Bertz CT molecular complexity index is 1490. The van der Waals surface area contributed by atoms with Crippen molar-refractivity contribution in [3.8, 4) is 0 Å². The van der Waals surface area contributed by atoms with Gasteiger partial charge in [0, 0.05) is 18.8 Å². The summed E-state index contributed by atoms with van der Waals surface area (Å²) in [7, 11) is 1.58. The Morgan fingerprint density at radius 3 is 2.79 bits per heavy atom. The van der Waals surface area contributed by atoms with Gasteiger partial charge in [-0.1, -0.05) is 0 Å². The lowest BCUT2D eigenvalue weighted by molar-refractivity contribution is -0.141. The molecule has 11 heteroatoms. The third-order valence-corrected chi connectivity index (χ3v) is 5.99. The predicted octanol–water partition coefficient (Wildman–Crippen LogP) is 4.19. The van der Waals surface area contributed by atoms with Gasteiger partial charge in [0.25, 0.3) is 0 Å². The Labute approximate surface area is 185 Å². The summed E-state index contributed by atoms with van der Waals surface area (Å²) in [5, 5.41) is 0. The highest BCUT2D eigenvalue weighted by Gasteiger charge is 2.36. The number of anilines is 1. The van der Waals surface area contributed by atoms with Crippen molar-refractivity contribution in [2.45, 2.75) is 25.1 Å². The molecule has 4 aromatic rings. The van der Waals surface area contributed by atoms with Crippen LogP contribution in [0.2, 0.25) is 0 Å². The van der Waals surface area contributed by atoms with E-state index in [0.717, 1.165) is 6.07 Å². The van der Waals surface area contributed by atoms with Crippen molar-refractivity contribution in [1.29, 1.82) is 0 Å². The maximum absolute atomic E-state index is 13.4. The van der Waals surface area contributed by atoms with Crippen molar-refractivity contribution >= 4 is 34.0 Å². The van der Waals surface area contributed by atoms with Crippen LogP contribution in [0.3, 0.4) is 0 Å². The van der Waals surface area contributed by atoms with Gasteiger partial charge in [-0.3, -0.25) is 14.2 Å². The molecule has 0 saturated heterocycles. The SMILES string of the molecule is [C-]#[N+]c1cc2nc(N)c3cncn3c2cc1C(=O)N(C)[C@@H]1CCc2cc(C(F)(F)F)ncc21. The Hall–Kier alpha value is -4.20. The molecule has 1 aliphatic carbocycles. The number of halogens is 3. The van der Waals surface area contributed by atoms with E-state index in [9.17, 15) is 18.0 Å². The van der Waals surface area contributed by atoms with E-state index in [-0.39, 0.29) is 17.1 Å². The van der Waals surface area contributed by atoms with Crippen molar-refractivity contribution in [2.75, 3.05) is 12.8 Å². The average molecular weight is 451 g/mol. The van der Waals surface area contributed by atoms with Crippen LogP contribution in [0.5, 0.6) is 0 Å². The standard InChI is InChI=1S/C22H16F3N7O/c1-27-14-7-15-17(32-10-28-9-18(32)20(26)30-15)6-12(14)21(33)31(2)16-4-3-11-5-19(22(23,24)25)29-8-13(11)16/h5-10,16H,3-4H2,2H3,(H2,26,30)/t16-/m1/s1. The smallest absolute Gasteiger partial charge is 0.382 e. The van der Waals surface area contributed by atoms with Gasteiger partial charge in [0.05, 0.1) is 36.2 Å². The zero-order valence-electron chi connectivity index (χ0n) is 17.3. The molecule has 3 heterocycles. The molecule has 33 heavy (non-hydrogen) atoms. The van der Waals surface area contributed by atoms with Crippen LogP contribution in [0.25, 0.3) is 21.4 Å². The molecular formula is C22H16F3N7O. The number of fused-ring (bicyclic) bond motifs is 4. The normalized spacial score (nSPS) is 15.5. The van der Waals surface area contributed by atoms with Crippen LogP contribution in [0.15, 0.2) is 36.9 Å². The van der Waals surface area contributed by atoms with Crippen molar-refractivity contribution in [3.05, 3.63) is 70.7 Å². The number of hydrogen-bond acceptors (Lipinski definition) is 5. The molecule has 166 valence electrons. The van der Waals surface area contributed by atoms with Gasteiger partial charge in [0.15, 0.2) is 0 Å². The lowest BCUT2D eigenvalue weighted by atomic mass is 10.1. The molecule has 3 aromatic heterocycles. The fourth-order valence-electron chi connectivity index (χ4n) is 4.34. The van der Waals surface area contributed by atoms with Crippen LogP contribution in [0.1, 0.15) is 39.6 Å². The van der Waals surface area contributed by atoms with Gasteiger partial charge in [-0.05, 0) is 42.2 Å². The van der Waals surface area contributed by atoms with Crippen LogP contribution in [0, 0.1) is 6.57 Å². The molecule has 0 bridgehead atoms. The predicted molar refractivity (Wildman–Crippen MR) is 114 cm³/mol. The van der Waals surface area contributed by atoms with Crippen molar-refractivity contribution in [2.24, 2.45) is 0 Å². The molecule has 1 aliphatic rings. The highest BCUT2D eigenvalue weighted by molar-refractivity contribution is 6.04. The monoisotopic (exact) mass is 451 g/mol. The van der Waals surface area contributed by atoms with Crippen molar-refractivity contribution < 1.29 is 18.0 Å². The third-order valence-electron chi connectivity index (χ3n) is 5.99. The Kier molecular flexibility index (Phi) is 4.49. The fourth-order valence-corrected chi connectivity index (χ4v) is 4.34. The summed E-state index contributed by atoms with van der Waals surface area (Å²) in [6.45, 7) is 7.55. The molecule has 0 spiro atoms. The van der Waals surface area contributed by atoms with E-state index in [1.807, 2.05) is 0 Å². The van der Waals surface area contributed by atoms with Gasteiger partial charge < -0.3 is 10.6 Å². The molecule has 0 aliphatic heterocycles. The summed E-state index contributed by atoms with van der Waals surface area (Å²) in [5.74, 6) is -0.175. The van der Waals surface area contributed by atoms with Crippen LogP contribution in [-0.4, -0.2) is 37.2 Å². The van der Waals surface area contributed by atoms with E-state index in [0.29, 0.717) is 40.5 Å². The molecule has 0 fully saturated rings. The first-order valence-electron chi connectivity index (χ1n) is 9.95. The number of nitrogens with two attached hydrogens (primary N) is 1. The van der Waals surface area contributed by atoms with Crippen molar-refractivity contribution in [1.82, 2.24) is 24.3 Å². The number of amides is 1. The number of aryl methyl sites for hydroxylation is 1. The highest BCUT2D eigenvalue weighted by atomic mass is 19.4. The van der Waals surface area contributed by atoms with Crippen molar-refractivity contribution in [3.63, 3.8) is 0 Å². The largest absolute Gasteiger partial charge is 0.433 e. The maximum Gasteiger partial charge on any atom is 0.433 e. The number of carbonyl (C=O) groups is 1. The van der Waals surface area contributed by atoms with E-state index < -0.39 is 23.8 Å². The number of benzene rings is 1. The molecule has 8 nitrogen and oxygen atoms in total. The highest BCUT2D eigenvalue weighted by Crippen LogP contribution is 2.39. The minimum absolute atomic E-state index is 0.106. The number of imidazole rings is 1. The van der Waals surface area contributed by atoms with Gasteiger partial charge in [-0.15, -0.1) is 0 Å². The van der Waals surface area contributed by atoms with Gasteiger partial charge in [-0.2, -0.15) is 13.2 Å². The van der Waals surface area contributed by atoms with E-state index in [4.69, 9.17) is 12.3 Å². The first kappa shape index (κ1) is 20.7. The lowest BCUT2D eigenvalue weighted by Gasteiger charge is -2.26. The molecule has 0 radical (unpaired) electrons. The number of aromatic nitrogens is 4. The number of pyridine rings is 1. The number of alkyl halides is 3. The van der Waals surface area contributed by atoms with Gasteiger partial charge >= 0.3 is 6.18 Å². The van der Waals surface area contributed by atoms with Crippen LogP contribution in [-0.2, 0) is 12.6 Å². The zero-order chi connectivity index (χ0) is 23.5. The Morgan fingerprint density at radius 1 is 1.27 bits per heavy atom. The summed E-state index contributed by atoms with van der Waals surface area (Å²) in [5.41, 5.74) is 7.96. The third kappa shape index (κ3) is 3.22. The van der Waals surface area contributed by atoms with Gasteiger partial charge in [-0.25, -0.2) is 14.8 Å². The first-order chi connectivity index (χ1) is 15.7. The number of nitrogen functional groups attached to an aromatic ring is 1. The minimum Gasteiger partial charge on any atom is -0.382 e. The Balaban J connectivity index is 1.56. The van der Waals surface area contributed by atoms with Gasteiger partial charge in [0.1, 0.15) is 17.0 Å². The topological polar surface area (TPSA) is 93.8 Å². The number of carbonyl (C=O) groups excluding carboxylic acids is 1. The summed E-state index contributed by atoms with van der Waals surface area (Å²) >= 11 is 0. The molecule has 0 unspecified atom stereocenters. The molecule has 1 amide bonds. The van der Waals surface area contributed by atoms with E-state index in [1.54, 1.807) is 30.0 Å². The second-order valence-electron chi connectivity index (χ2n) is 7.85. The second kappa shape index (κ2) is 7.16.